The first-order valence-corrected chi connectivity index (χ1v) is 8.53. The molecule has 20 heavy (non-hydrogen) atoms. The Morgan fingerprint density at radius 1 is 1.55 bits per heavy atom. The standard InChI is InChI=1S/C14H20Cl2N2OS/c1-17-8-10-5-6-18(9-10)13(19)4-2-3-11-7-12(15)20-14(11)16/h7,10,17H,2-6,8-9H2,1H3. The molecule has 3 nitrogen and oxygen atoms in total. The Balaban J connectivity index is 1.72. The van der Waals surface area contributed by atoms with Crippen LogP contribution >= 0.6 is 34.5 Å². The largest absolute Gasteiger partial charge is 0.342 e. The average molecular weight is 335 g/mol. The number of carbonyl (C=O) groups excluding carboxylic acids is 1. The minimum Gasteiger partial charge on any atom is -0.342 e. The molecule has 0 radical (unpaired) electrons. The molecule has 6 heteroatoms. The Morgan fingerprint density at radius 3 is 3.00 bits per heavy atom. The van der Waals surface area contributed by atoms with Gasteiger partial charge in [-0.05, 0) is 50.4 Å². The molecule has 1 unspecified atom stereocenters. The molecule has 0 saturated carbocycles. The van der Waals surface area contributed by atoms with Crippen molar-refractivity contribution < 1.29 is 4.79 Å². The van der Waals surface area contributed by atoms with Crippen molar-refractivity contribution in [3.63, 3.8) is 0 Å². The molecule has 1 fully saturated rings. The van der Waals surface area contributed by atoms with Crippen LogP contribution in [-0.4, -0.2) is 37.5 Å². The summed E-state index contributed by atoms with van der Waals surface area (Å²) in [6.07, 6.45) is 3.36. The molecule has 1 aliphatic heterocycles. The van der Waals surface area contributed by atoms with E-state index in [1.807, 2.05) is 18.0 Å². The van der Waals surface area contributed by atoms with E-state index < -0.39 is 0 Å². The molecule has 2 heterocycles. The van der Waals surface area contributed by atoms with E-state index in [1.165, 1.54) is 11.3 Å². The zero-order valence-corrected chi connectivity index (χ0v) is 14.0. The predicted octanol–water partition coefficient (Wildman–Crippen LogP) is 3.45. The van der Waals surface area contributed by atoms with Crippen molar-refractivity contribution in [2.45, 2.75) is 25.7 Å². The Hall–Kier alpha value is -0.290. The first kappa shape index (κ1) is 16.1. The van der Waals surface area contributed by atoms with Gasteiger partial charge < -0.3 is 10.2 Å². The van der Waals surface area contributed by atoms with Crippen LogP contribution in [-0.2, 0) is 11.2 Å². The molecule has 1 aliphatic rings. The molecular formula is C14H20Cl2N2OS. The first-order chi connectivity index (χ1) is 9.60. The molecule has 1 saturated heterocycles. The first-order valence-electron chi connectivity index (χ1n) is 6.96. The lowest BCUT2D eigenvalue weighted by molar-refractivity contribution is -0.130. The Bertz CT molecular complexity index is 464. The third-order valence-electron chi connectivity index (χ3n) is 3.70. The Kier molecular flexibility index (Phi) is 6.15. The van der Waals surface area contributed by atoms with E-state index >= 15 is 0 Å². The number of halogens is 2. The second-order valence-electron chi connectivity index (χ2n) is 5.26. The van der Waals surface area contributed by atoms with Gasteiger partial charge in [-0.2, -0.15) is 0 Å². The number of thiophene rings is 1. The fourth-order valence-corrected chi connectivity index (χ4v) is 4.19. The average Bonchev–Trinajstić information content (AvgIpc) is 2.97. The van der Waals surface area contributed by atoms with Gasteiger partial charge in [-0.3, -0.25) is 4.79 Å². The lowest BCUT2D eigenvalue weighted by Gasteiger charge is -2.16. The van der Waals surface area contributed by atoms with Crippen molar-refractivity contribution in [2.75, 3.05) is 26.7 Å². The number of nitrogens with zero attached hydrogens (tertiary/aromatic N) is 1. The van der Waals surface area contributed by atoms with Gasteiger partial charge in [0.2, 0.25) is 5.91 Å². The van der Waals surface area contributed by atoms with Gasteiger partial charge in [0.25, 0.3) is 0 Å². The number of amides is 1. The molecule has 1 atom stereocenters. The van der Waals surface area contributed by atoms with Gasteiger partial charge in [-0.15, -0.1) is 11.3 Å². The van der Waals surface area contributed by atoms with Crippen LogP contribution < -0.4 is 5.32 Å². The van der Waals surface area contributed by atoms with Crippen LogP contribution in [0, 0.1) is 5.92 Å². The summed E-state index contributed by atoms with van der Waals surface area (Å²) in [5.74, 6) is 0.870. The maximum atomic E-state index is 12.1. The number of hydrogen-bond donors (Lipinski definition) is 1. The summed E-state index contributed by atoms with van der Waals surface area (Å²) >= 11 is 13.4. The maximum absolute atomic E-state index is 12.1. The van der Waals surface area contributed by atoms with Crippen molar-refractivity contribution in [2.24, 2.45) is 5.92 Å². The number of aryl methyl sites for hydroxylation is 1. The summed E-state index contributed by atoms with van der Waals surface area (Å²) < 4.78 is 1.46. The molecule has 0 aromatic carbocycles. The predicted molar refractivity (Wildman–Crippen MR) is 85.9 cm³/mol. The van der Waals surface area contributed by atoms with Gasteiger partial charge in [0.05, 0.1) is 8.67 Å². The van der Waals surface area contributed by atoms with E-state index in [4.69, 9.17) is 23.2 Å². The van der Waals surface area contributed by atoms with Gasteiger partial charge in [-0.1, -0.05) is 23.2 Å². The van der Waals surface area contributed by atoms with Crippen molar-refractivity contribution in [3.8, 4) is 0 Å². The summed E-state index contributed by atoms with van der Waals surface area (Å²) in [4.78, 5) is 14.1. The van der Waals surface area contributed by atoms with Gasteiger partial charge in [0, 0.05) is 19.5 Å². The molecule has 0 spiro atoms. The van der Waals surface area contributed by atoms with E-state index in [-0.39, 0.29) is 5.91 Å². The van der Waals surface area contributed by atoms with E-state index in [0.717, 1.165) is 48.8 Å². The molecule has 1 aromatic heterocycles. The normalized spacial score (nSPS) is 18.8. The van der Waals surface area contributed by atoms with Crippen LogP contribution in [0.3, 0.4) is 0 Å². The maximum Gasteiger partial charge on any atom is 0.222 e. The van der Waals surface area contributed by atoms with E-state index in [0.29, 0.717) is 16.7 Å². The topological polar surface area (TPSA) is 32.3 Å². The van der Waals surface area contributed by atoms with E-state index in [2.05, 4.69) is 5.32 Å². The summed E-state index contributed by atoms with van der Waals surface area (Å²) in [6.45, 7) is 2.79. The Morgan fingerprint density at radius 2 is 2.35 bits per heavy atom. The molecule has 1 amide bonds. The van der Waals surface area contributed by atoms with Crippen molar-refractivity contribution >= 4 is 40.4 Å². The number of hydrogen-bond acceptors (Lipinski definition) is 3. The molecule has 1 aromatic rings. The smallest absolute Gasteiger partial charge is 0.222 e. The van der Waals surface area contributed by atoms with Crippen LogP contribution in [0.15, 0.2) is 6.07 Å². The highest BCUT2D eigenvalue weighted by molar-refractivity contribution is 7.20. The molecular weight excluding hydrogens is 315 g/mol. The van der Waals surface area contributed by atoms with Crippen molar-refractivity contribution in [3.05, 3.63) is 20.3 Å². The van der Waals surface area contributed by atoms with Gasteiger partial charge in [-0.25, -0.2) is 0 Å². The third kappa shape index (κ3) is 4.35. The highest BCUT2D eigenvalue weighted by Gasteiger charge is 2.25. The number of rotatable bonds is 6. The number of likely N-dealkylation sites (tertiary alicyclic amines) is 1. The molecule has 112 valence electrons. The van der Waals surface area contributed by atoms with Crippen molar-refractivity contribution in [1.82, 2.24) is 10.2 Å². The second-order valence-corrected chi connectivity index (χ2v) is 7.54. The molecule has 2 rings (SSSR count). The van der Waals surface area contributed by atoms with Crippen LogP contribution in [0.25, 0.3) is 0 Å². The lowest BCUT2D eigenvalue weighted by atomic mass is 10.1. The zero-order valence-electron chi connectivity index (χ0n) is 11.6. The van der Waals surface area contributed by atoms with Crippen LogP contribution in [0.5, 0.6) is 0 Å². The van der Waals surface area contributed by atoms with Crippen LogP contribution in [0.1, 0.15) is 24.8 Å². The summed E-state index contributed by atoms with van der Waals surface area (Å²) in [7, 11) is 1.96. The quantitative estimate of drug-likeness (QED) is 0.864. The summed E-state index contributed by atoms with van der Waals surface area (Å²) in [5.41, 5.74) is 1.06. The third-order valence-corrected chi connectivity index (χ3v) is 5.26. The SMILES string of the molecule is CNCC1CCN(C(=O)CCCc2cc(Cl)sc2Cl)C1. The van der Waals surface area contributed by atoms with Crippen LogP contribution in [0.4, 0.5) is 0 Å². The number of carbonyl (C=O) groups is 1. The molecule has 1 N–H and O–H groups in total. The highest BCUT2D eigenvalue weighted by atomic mass is 35.5. The second kappa shape index (κ2) is 7.64. The van der Waals surface area contributed by atoms with Crippen molar-refractivity contribution in [1.29, 1.82) is 0 Å². The molecule has 0 bridgehead atoms. The Labute approximate surface area is 134 Å². The van der Waals surface area contributed by atoms with E-state index in [9.17, 15) is 4.79 Å². The van der Waals surface area contributed by atoms with Crippen LogP contribution in [0.2, 0.25) is 8.67 Å². The zero-order chi connectivity index (χ0) is 14.5. The number of nitrogens with one attached hydrogen (secondary N) is 1. The van der Waals surface area contributed by atoms with Gasteiger partial charge in [0.15, 0.2) is 0 Å². The summed E-state index contributed by atoms with van der Waals surface area (Å²) in [6, 6.07) is 1.90. The highest BCUT2D eigenvalue weighted by Crippen LogP contribution is 2.32. The fraction of sp³-hybridized carbons (Fsp3) is 0.643. The van der Waals surface area contributed by atoms with E-state index in [1.54, 1.807) is 0 Å². The minimum absolute atomic E-state index is 0.265. The minimum atomic E-state index is 0.265. The van der Waals surface area contributed by atoms with Gasteiger partial charge in [0.1, 0.15) is 0 Å². The molecule has 0 aliphatic carbocycles. The lowest BCUT2D eigenvalue weighted by Crippen LogP contribution is -2.30. The summed E-state index contributed by atoms with van der Waals surface area (Å²) in [5, 5.41) is 3.18. The fourth-order valence-electron chi connectivity index (χ4n) is 2.65. The monoisotopic (exact) mass is 334 g/mol. The van der Waals surface area contributed by atoms with Gasteiger partial charge >= 0.3 is 0 Å².